The molecule has 1 aromatic heterocycles. The summed E-state index contributed by atoms with van der Waals surface area (Å²) in [7, 11) is 0. The van der Waals surface area contributed by atoms with E-state index in [1.807, 2.05) is 0 Å². The van der Waals surface area contributed by atoms with Gasteiger partial charge in [-0.3, -0.25) is 15.0 Å². The molecule has 0 bridgehead atoms. The van der Waals surface area contributed by atoms with Crippen molar-refractivity contribution in [3.8, 4) is 0 Å². The first-order valence-corrected chi connectivity index (χ1v) is 13.7. The van der Waals surface area contributed by atoms with Gasteiger partial charge < -0.3 is 10.5 Å². The van der Waals surface area contributed by atoms with Gasteiger partial charge >= 0.3 is 12.0 Å². The van der Waals surface area contributed by atoms with Crippen LogP contribution in [0.1, 0.15) is 71.0 Å². The number of anilines is 1. The number of nitrogens with zero attached hydrogens (tertiary/aromatic N) is 3. The molecule has 40 heavy (non-hydrogen) atoms. The van der Waals surface area contributed by atoms with Crippen molar-refractivity contribution in [3.63, 3.8) is 0 Å². The molecule has 0 amide bonds. The molecule has 0 radical (unpaired) electrons. The second-order valence-electron chi connectivity index (χ2n) is 10.4. The van der Waals surface area contributed by atoms with Crippen LogP contribution >= 0.6 is 0 Å². The molecular formula is C28H39F5N5O2+. The Bertz CT molecular complexity index is 1120. The van der Waals surface area contributed by atoms with E-state index in [2.05, 4.69) is 34.7 Å². The number of carbonyl (C=O) groups excluding carboxylic acids is 1. The highest BCUT2D eigenvalue weighted by Gasteiger charge is 2.43. The third-order valence-corrected chi connectivity index (χ3v) is 7.36. The third-order valence-electron chi connectivity index (χ3n) is 7.36. The van der Waals surface area contributed by atoms with Crippen LogP contribution in [-0.2, 0) is 11.0 Å². The average Bonchev–Trinajstić information content (AvgIpc) is 2.88. The lowest BCUT2D eigenvalue weighted by Crippen LogP contribution is -2.46. The molecule has 1 aliphatic carbocycles. The molecule has 0 saturated heterocycles. The summed E-state index contributed by atoms with van der Waals surface area (Å²) in [6, 6.07) is 0.119. The van der Waals surface area contributed by atoms with Crippen molar-refractivity contribution in [2.45, 2.75) is 83.9 Å². The first-order chi connectivity index (χ1) is 19.0. The third kappa shape index (κ3) is 9.28. The molecule has 0 saturated carbocycles. The van der Waals surface area contributed by atoms with Crippen molar-refractivity contribution >= 4 is 11.6 Å². The van der Waals surface area contributed by atoms with E-state index in [-0.39, 0.29) is 23.5 Å². The van der Waals surface area contributed by atoms with Gasteiger partial charge in [0.2, 0.25) is 0 Å². The number of alkyl halides is 5. The smallest absolute Gasteiger partial charge is 0.388 e. The first kappa shape index (κ1) is 31.5. The fourth-order valence-corrected chi connectivity index (χ4v) is 5.06. The zero-order valence-electron chi connectivity index (χ0n) is 23.0. The molecule has 0 fully saturated rings. The zero-order valence-corrected chi connectivity index (χ0v) is 23.0. The lowest BCUT2D eigenvalue weighted by molar-refractivity contribution is -0.906. The summed E-state index contributed by atoms with van der Waals surface area (Å²) in [5.41, 5.74) is 5.31. The highest BCUT2D eigenvalue weighted by atomic mass is 19.4. The summed E-state index contributed by atoms with van der Waals surface area (Å²) < 4.78 is 65.6. The molecule has 3 N–H and O–H groups in total. The SMILES string of the molecule is CC(=O)C(CCN(CCCCC1=C(C)CCC2=C(C=C1)CCCN2)CC(F)F)Nc1ccnc(C(F)(F)F)[n+]1O. The van der Waals surface area contributed by atoms with E-state index in [0.717, 1.165) is 57.3 Å². The fraction of sp³-hybridized carbons (Fsp3) is 0.607. The molecule has 0 aromatic carbocycles. The van der Waals surface area contributed by atoms with Crippen LogP contribution in [0.3, 0.4) is 0 Å². The Hall–Kier alpha value is -3.02. The van der Waals surface area contributed by atoms with Gasteiger partial charge in [-0.05, 0) is 81.2 Å². The van der Waals surface area contributed by atoms with Crippen molar-refractivity contribution in [1.82, 2.24) is 15.2 Å². The first-order valence-electron chi connectivity index (χ1n) is 13.7. The van der Waals surface area contributed by atoms with Crippen LogP contribution < -0.4 is 15.4 Å². The quantitative estimate of drug-likeness (QED) is 0.127. The van der Waals surface area contributed by atoms with E-state index in [4.69, 9.17) is 0 Å². The van der Waals surface area contributed by atoms with Gasteiger partial charge in [0.1, 0.15) is 12.2 Å². The maximum Gasteiger partial charge on any atom is 0.485 e. The summed E-state index contributed by atoms with van der Waals surface area (Å²) in [5, 5.41) is 16.1. The number of ketones is 1. The van der Waals surface area contributed by atoms with Crippen LogP contribution in [0.15, 0.2) is 46.8 Å². The van der Waals surface area contributed by atoms with Crippen molar-refractivity contribution in [1.29, 1.82) is 0 Å². The van der Waals surface area contributed by atoms with E-state index >= 15 is 0 Å². The van der Waals surface area contributed by atoms with Crippen molar-refractivity contribution in [2.24, 2.45) is 0 Å². The summed E-state index contributed by atoms with van der Waals surface area (Å²) in [5.74, 6) is -2.31. The second-order valence-corrected chi connectivity index (χ2v) is 10.4. The van der Waals surface area contributed by atoms with Crippen LogP contribution in [0.25, 0.3) is 0 Å². The van der Waals surface area contributed by atoms with Gasteiger partial charge in [-0.15, -0.1) is 4.98 Å². The fourth-order valence-electron chi connectivity index (χ4n) is 5.06. The molecule has 7 nitrogen and oxygen atoms in total. The maximum absolute atomic E-state index is 13.3. The van der Waals surface area contributed by atoms with Gasteiger partial charge in [-0.25, -0.2) is 8.78 Å². The molecule has 0 spiro atoms. The Morgan fingerprint density at radius 3 is 2.67 bits per heavy atom. The Morgan fingerprint density at radius 2 is 1.98 bits per heavy atom. The van der Waals surface area contributed by atoms with E-state index in [1.165, 1.54) is 29.3 Å². The molecule has 2 aliphatic rings. The van der Waals surface area contributed by atoms with Gasteiger partial charge in [0.05, 0.1) is 6.54 Å². The van der Waals surface area contributed by atoms with Crippen LogP contribution in [0.5, 0.6) is 0 Å². The number of halogens is 5. The van der Waals surface area contributed by atoms with Crippen LogP contribution in [0, 0.1) is 0 Å². The highest BCUT2D eigenvalue weighted by molar-refractivity contribution is 5.83. The van der Waals surface area contributed by atoms with Gasteiger partial charge in [0.25, 0.3) is 12.2 Å². The molecule has 1 atom stereocenters. The lowest BCUT2D eigenvalue weighted by Gasteiger charge is -2.24. The number of rotatable bonds is 13. The van der Waals surface area contributed by atoms with Gasteiger partial charge in [0, 0.05) is 31.3 Å². The largest absolute Gasteiger partial charge is 0.485 e. The number of carbonyl (C=O) groups is 1. The average molecular weight is 573 g/mol. The Kier molecular flexibility index (Phi) is 11.5. The van der Waals surface area contributed by atoms with Crippen LogP contribution in [0.4, 0.5) is 27.8 Å². The molecule has 3 rings (SSSR count). The second kappa shape index (κ2) is 14.6. The van der Waals surface area contributed by atoms with Crippen molar-refractivity contribution < 1.29 is 36.7 Å². The van der Waals surface area contributed by atoms with Crippen molar-refractivity contribution in [3.05, 3.63) is 52.7 Å². The van der Waals surface area contributed by atoms with E-state index in [1.54, 1.807) is 4.90 Å². The predicted octanol–water partition coefficient (Wildman–Crippen LogP) is 5.43. The number of hydrogen-bond acceptors (Lipinski definition) is 6. The summed E-state index contributed by atoms with van der Waals surface area (Å²) in [6.07, 6.45) is 4.38. The minimum atomic E-state index is -4.90. The Balaban J connectivity index is 1.56. The molecule has 1 unspecified atom stereocenters. The number of aromatic nitrogens is 2. The number of Topliss-reactive ketones (excluding diaryl/α,β-unsaturated/α-hetero) is 1. The number of nitrogens with one attached hydrogen (secondary N) is 2. The molecule has 2 heterocycles. The molecule has 222 valence electrons. The number of hydrogen-bond donors (Lipinski definition) is 3. The monoisotopic (exact) mass is 572 g/mol. The molecular weight excluding hydrogens is 533 g/mol. The summed E-state index contributed by atoms with van der Waals surface area (Å²) >= 11 is 0. The van der Waals surface area contributed by atoms with Gasteiger partial charge in [-0.2, -0.15) is 13.2 Å². The summed E-state index contributed by atoms with van der Waals surface area (Å²) in [4.78, 5) is 16.9. The predicted molar refractivity (Wildman–Crippen MR) is 141 cm³/mol. The van der Waals surface area contributed by atoms with Crippen LogP contribution in [0.2, 0.25) is 0 Å². The minimum absolute atomic E-state index is 0.0736. The zero-order chi connectivity index (χ0) is 29.3. The molecule has 12 heteroatoms. The van der Waals surface area contributed by atoms with Crippen molar-refractivity contribution in [2.75, 3.05) is 31.5 Å². The normalized spacial score (nSPS) is 17.0. The number of allylic oxidation sites excluding steroid dienone is 6. The molecule has 1 aliphatic heterocycles. The Morgan fingerprint density at radius 1 is 1.20 bits per heavy atom. The highest BCUT2D eigenvalue weighted by Crippen LogP contribution is 2.28. The van der Waals surface area contributed by atoms with E-state index < -0.39 is 36.8 Å². The lowest BCUT2D eigenvalue weighted by atomic mass is 9.91. The molecule has 1 aromatic rings. The number of unbranched alkanes of at least 4 members (excludes halogenated alkanes) is 1. The van der Waals surface area contributed by atoms with Gasteiger partial charge in [0.15, 0.2) is 5.78 Å². The minimum Gasteiger partial charge on any atom is -0.388 e. The van der Waals surface area contributed by atoms with Crippen LogP contribution in [-0.4, -0.2) is 59.5 Å². The topological polar surface area (TPSA) is 81.4 Å². The van der Waals surface area contributed by atoms with Gasteiger partial charge in [-0.1, -0.05) is 17.7 Å². The standard InChI is InChI=1S/C28H38F5N5O2/c1-19-8-11-24-22(7-5-14-34-24)10-9-21(19)6-3-4-16-37(18-25(29)30)17-13-23(20(2)39)36-26-12-15-35-27(38(26)40)28(31,32)33/h9-10,12,15,23,25,34,40H,3-8,11,13-14,16-18H2,1-2H3/p+1. The van der Waals surface area contributed by atoms with E-state index in [0.29, 0.717) is 13.0 Å². The van der Waals surface area contributed by atoms with E-state index in [9.17, 15) is 32.0 Å². The maximum atomic E-state index is 13.3. The Labute approximate surface area is 231 Å². The summed E-state index contributed by atoms with van der Waals surface area (Å²) in [6.45, 7) is 4.48.